The number of hydrogen-bond acceptors (Lipinski definition) is 3. The molecule has 1 atom stereocenters. The average Bonchev–Trinajstić information content (AvgIpc) is 2.60. The molecule has 1 aliphatic rings. The summed E-state index contributed by atoms with van der Waals surface area (Å²) in [5.74, 6) is -0.503. The number of methoxy groups -OCH3 is 1. The topological polar surface area (TPSA) is 39.2 Å². The third-order valence-corrected chi connectivity index (χ3v) is 2.15. The molecule has 0 aliphatic heterocycles. The SMILES string of the molecule is COC(=O)C1C=Cc2ccncc21. The lowest BCUT2D eigenvalue weighted by atomic mass is 10.0. The van der Waals surface area contributed by atoms with E-state index in [0.717, 1.165) is 11.1 Å². The second kappa shape index (κ2) is 3.01. The van der Waals surface area contributed by atoms with Gasteiger partial charge < -0.3 is 4.74 Å². The number of esters is 1. The third kappa shape index (κ3) is 1.22. The van der Waals surface area contributed by atoms with Crippen molar-refractivity contribution >= 4 is 12.0 Å². The molecular formula is C10H9NO2. The molecule has 1 aromatic rings. The maximum atomic E-state index is 11.3. The van der Waals surface area contributed by atoms with Crippen LogP contribution in [0.1, 0.15) is 17.0 Å². The van der Waals surface area contributed by atoms with Crippen LogP contribution in [0.2, 0.25) is 0 Å². The average molecular weight is 175 g/mol. The summed E-state index contributed by atoms with van der Waals surface area (Å²) in [5.41, 5.74) is 1.97. The number of rotatable bonds is 1. The molecule has 1 aromatic heterocycles. The minimum Gasteiger partial charge on any atom is -0.468 e. The fraction of sp³-hybridized carbons (Fsp3) is 0.200. The molecule has 2 rings (SSSR count). The molecule has 13 heavy (non-hydrogen) atoms. The van der Waals surface area contributed by atoms with Crippen molar-refractivity contribution in [2.24, 2.45) is 0 Å². The summed E-state index contributed by atoms with van der Waals surface area (Å²) >= 11 is 0. The predicted molar refractivity (Wildman–Crippen MR) is 48.0 cm³/mol. The van der Waals surface area contributed by atoms with Crippen LogP contribution in [0.15, 0.2) is 24.5 Å². The summed E-state index contributed by atoms with van der Waals surface area (Å²) in [4.78, 5) is 15.3. The number of nitrogens with zero attached hydrogens (tertiary/aromatic N) is 1. The highest BCUT2D eigenvalue weighted by molar-refractivity contribution is 5.86. The van der Waals surface area contributed by atoms with Crippen molar-refractivity contribution in [2.45, 2.75) is 5.92 Å². The van der Waals surface area contributed by atoms with E-state index in [1.54, 1.807) is 12.4 Å². The van der Waals surface area contributed by atoms with E-state index >= 15 is 0 Å². The summed E-state index contributed by atoms with van der Waals surface area (Å²) in [6.45, 7) is 0. The van der Waals surface area contributed by atoms with Gasteiger partial charge in [-0.2, -0.15) is 0 Å². The van der Waals surface area contributed by atoms with E-state index in [2.05, 4.69) is 9.72 Å². The van der Waals surface area contributed by atoms with Gasteiger partial charge in [-0.3, -0.25) is 9.78 Å². The molecule has 66 valence electrons. The Morgan fingerprint density at radius 1 is 1.62 bits per heavy atom. The first-order chi connectivity index (χ1) is 6.33. The minimum absolute atomic E-state index is 0.233. The van der Waals surface area contributed by atoms with Gasteiger partial charge in [0.05, 0.1) is 7.11 Å². The Hall–Kier alpha value is -1.64. The van der Waals surface area contributed by atoms with Gasteiger partial charge in [-0.1, -0.05) is 12.2 Å². The standard InChI is InChI=1S/C10H9NO2/c1-13-10(12)8-3-2-7-4-5-11-6-9(7)8/h2-6,8H,1H3. The van der Waals surface area contributed by atoms with Crippen molar-refractivity contribution < 1.29 is 9.53 Å². The predicted octanol–water partition coefficient (Wildman–Crippen LogP) is 1.36. The summed E-state index contributed by atoms with van der Waals surface area (Å²) in [7, 11) is 1.39. The molecule has 0 fully saturated rings. The Morgan fingerprint density at radius 3 is 3.23 bits per heavy atom. The normalized spacial score (nSPS) is 18.4. The first-order valence-electron chi connectivity index (χ1n) is 4.03. The van der Waals surface area contributed by atoms with E-state index in [9.17, 15) is 4.79 Å². The summed E-state index contributed by atoms with van der Waals surface area (Å²) in [6.07, 6.45) is 7.16. The van der Waals surface area contributed by atoms with Crippen molar-refractivity contribution in [3.8, 4) is 0 Å². The lowest BCUT2D eigenvalue weighted by Crippen LogP contribution is -2.10. The zero-order chi connectivity index (χ0) is 9.26. The smallest absolute Gasteiger partial charge is 0.317 e. The second-order valence-electron chi connectivity index (χ2n) is 2.86. The van der Waals surface area contributed by atoms with Crippen LogP contribution in [0.3, 0.4) is 0 Å². The Labute approximate surface area is 76.1 Å². The molecule has 0 saturated carbocycles. The van der Waals surface area contributed by atoms with Gasteiger partial charge in [0.25, 0.3) is 0 Å². The number of aromatic nitrogens is 1. The molecule has 0 radical (unpaired) electrons. The third-order valence-electron chi connectivity index (χ3n) is 2.15. The van der Waals surface area contributed by atoms with Crippen molar-refractivity contribution in [1.29, 1.82) is 0 Å². The van der Waals surface area contributed by atoms with E-state index < -0.39 is 0 Å². The molecule has 3 nitrogen and oxygen atoms in total. The van der Waals surface area contributed by atoms with Crippen LogP contribution in [0.25, 0.3) is 6.08 Å². The maximum absolute atomic E-state index is 11.3. The largest absolute Gasteiger partial charge is 0.468 e. The van der Waals surface area contributed by atoms with Crippen LogP contribution in [0.5, 0.6) is 0 Å². The molecule has 1 aliphatic carbocycles. The minimum atomic E-state index is -0.270. The highest BCUT2D eigenvalue weighted by atomic mass is 16.5. The number of carbonyl (C=O) groups excluding carboxylic acids is 1. The number of carbonyl (C=O) groups is 1. The fourth-order valence-corrected chi connectivity index (χ4v) is 1.47. The molecule has 0 spiro atoms. The van der Waals surface area contributed by atoms with E-state index in [-0.39, 0.29) is 11.9 Å². The van der Waals surface area contributed by atoms with Crippen molar-refractivity contribution in [3.63, 3.8) is 0 Å². The Balaban J connectivity index is 2.38. The van der Waals surface area contributed by atoms with E-state index in [1.807, 2.05) is 18.2 Å². The van der Waals surface area contributed by atoms with Crippen molar-refractivity contribution in [3.05, 3.63) is 35.7 Å². The molecule has 0 aromatic carbocycles. The highest BCUT2D eigenvalue weighted by Gasteiger charge is 2.24. The summed E-state index contributed by atoms with van der Waals surface area (Å²) in [6, 6.07) is 1.88. The van der Waals surface area contributed by atoms with Gasteiger partial charge in [0.2, 0.25) is 0 Å². The molecule has 0 amide bonds. The number of fused-ring (bicyclic) bond motifs is 1. The monoisotopic (exact) mass is 175 g/mol. The first kappa shape index (κ1) is 7.98. The van der Waals surface area contributed by atoms with E-state index in [0.29, 0.717) is 0 Å². The number of ether oxygens (including phenoxy) is 1. The molecular weight excluding hydrogens is 166 g/mol. The van der Waals surface area contributed by atoms with Crippen LogP contribution in [-0.2, 0) is 9.53 Å². The zero-order valence-corrected chi connectivity index (χ0v) is 7.23. The first-order valence-corrected chi connectivity index (χ1v) is 4.03. The lowest BCUT2D eigenvalue weighted by molar-refractivity contribution is -0.141. The van der Waals surface area contributed by atoms with Gasteiger partial charge in [-0.15, -0.1) is 0 Å². The Morgan fingerprint density at radius 2 is 2.46 bits per heavy atom. The van der Waals surface area contributed by atoms with Gasteiger partial charge in [0.15, 0.2) is 0 Å². The molecule has 1 unspecified atom stereocenters. The fourth-order valence-electron chi connectivity index (χ4n) is 1.47. The van der Waals surface area contributed by atoms with Crippen LogP contribution in [-0.4, -0.2) is 18.1 Å². The van der Waals surface area contributed by atoms with Gasteiger partial charge >= 0.3 is 5.97 Å². The second-order valence-corrected chi connectivity index (χ2v) is 2.86. The molecule has 0 N–H and O–H groups in total. The van der Waals surface area contributed by atoms with Crippen molar-refractivity contribution in [1.82, 2.24) is 4.98 Å². The highest BCUT2D eigenvalue weighted by Crippen LogP contribution is 2.29. The Kier molecular flexibility index (Phi) is 1.85. The summed E-state index contributed by atoms with van der Waals surface area (Å²) in [5, 5.41) is 0. The van der Waals surface area contributed by atoms with Crippen molar-refractivity contribution in [2.75, 3.05) is 7.11 Å². The molecule has 0 saturated heterocycles. The Bertz CT molecular complexity index is 371. The van der Waals surface area contributed by atoms with Gasteiger partial charge in [-0.05, 0) is 17.2 Å². The number of hydrogen-bond donors (Lipinski definition) is 0. The number of pyridine rings is 1. The molecule has 0 bridgehead atoms. The van der Waals surface area contributed by atoms with Gasteiger partial charge in [0.1, 0.15) is 5.92 Å². The van der Waals surface area contributed by atoms with E-state index in [4.69, 9.17) is 0 Å². The summed E-state index contributed by atoms with van der Waals surface area (Å²) < 4.78 is 4.67. The van der Waals surface area contributed by atoms with Gasteiger partial charge in [0, 0.05) is 12.4 Å². The zero-order valence-electron chi connectivity index (χ0n) is 7.23. The molecule has 3 heteroatoms. The quantitative estimate of drug-likeness (QED) is 0.605. The van der Waals surface area contributed by atoms with E-state index in [1.165, 1.54) is 7.11 Å². The van der Waals surface area contributed by atoms with Crippen LogP contribution in [0.4, 0.5) is 0 Å². The molecule has 1 heterocycles. The van der Waals surface area contributed by atoms with Crippen LogP contribution < -0.4 is 0 Å². The maximum Gasteiger partial charge on any atom is 0.317 e. The lowest BCUT2D eigenvalue weighted by Gasteiger charge is -2.06. The van der Waals surface area contributed by atoms with Gasteiger partial charge in [-0.25, -0.2) is 0 Å². The van der Waals surface area contributed by atoms with Crippen LogP contribution >= 0.6 is 0 Å². The van der Waals surface area contributed by atoms with Crippen LogP contribution in [0, 0.1) is 0 Å².